The van der Waals surface area contributed by atoms with E-state index in [1.54, 1.807) is 0 Å². The number of hydrogen-bond donors (Lipinski definition) is 3. The van der Waals surface area contributed by atoms with E-state index in [0.717, 1.165) is 0 Å². The third-order valence-electron chi connectivity index (χ3n) is 1.60. The first-order chi connectivity index (χ1) is 6.63. The Morgan fingerprint density at radius 2 is 2.36 bits per heavy atom. The van der Waals surface area contributed by atoms with Crippen molar-refractivity contribution in [3.63, 3.8) is 0 Å². The number of H-pyrrole nitrogens is 1. The molecule has 0 fully saturated rings. The standard InChI is InChI=1S/C8H10N2O4/c1-14-8(13)10-4-5-2-6(7(11)12)9-3-5/h2-3,9H,4H2,1H3,(H,10,13)(H,11,12). The van der Waals surface area contributed by atoms with Gasteiger partial charge in [0.2, 0.25) is 0 Å². The Balaban J connectivity index is 2.52. The van der Waals surface area contributed by atoms with Gasteiger partial charge in [0, 0.05) is 12.7 Å². The summed E-state index contributed by atoms with van der Waals surface area (Å²) in [7, 11) is 1.26. The van der Waals surface area contributed by atoms with Crippen molar-refractivity contribution < 1.29 is 19.4 Å². The van der Waals surface area contributed by atoms with Crippen LogP contribution in [0.25, 0.3) is 0 Å². The van der Waals surface area contributed by atoms with E-state index in [2.05, 4.69) is 15.0 Å². The van der Waals surface area contributed by atoms with Crippen LogP contribution in [0.3, 0.4) is 0 Å². The van der Waals surface area contributed by atoms with Crippen LogP contribution in [-0.2, 0) is 11.3 Å². The van der Waals surface area contributed by atoms with Crippen molar-refractivity contribution in [1.82, 2.24) is 10.3 Å². The Labute approximate surface area is 79.9 Å². The number of ether oxygens (including phenoxy) is 1. The molecule has 14 heavy (non-hydrogen) atoms. The predicted octanol–water partition coefficient (Wildman–Crippen LogP) is 0.569. The molecule has 76 valence electrons. The molecule has 0 aliphatic carbocycles. The molecule has 3 N–H and O–H groups in total. The summed E-state index contributed by atoms with van der Waals surface area (Å²) in [5.41, 5.74) is 0.763. The molecule has 0 spiro atoms. The Bertz CT molecular complexity index is 345. The molecule has 0 unspecified atom stereocenters. The lowest BCUT2D eigenvalue weighted by atomic mass is 10.3. The van der Waals surface area contributed by atoms with Crippen molar-refractivity contribution in [3.05, 3.63) is 23.5 Å². The fourth-order valence-corrected chi connectivity index (χ4v) is 0.911. The van der Waals surface area contributed by atoms with Gasteiger partial charge in [0.05, 0.1) is 7.11 Å². The molecule has 0 aromatic carbocycles. The zero-order valence-electron chi connectivity index (χ0n) is 7.53. The normalized spacial score (nSPS) is 9.50. The second-order valence-corrected chi connectivity index (χ2v) is 2.57. The van der Waals surface area contributed by atoms with Crippen LogP contribution >= 0.6 is 0 Å². The zero-order valence-corrected chi connectivity index (χ0v) is 7.53. The lowest BCUT2D eigenvalue weighted by Crippen LogP contribution is -2.21. The maximum absolute atomic E-state index is 10.7. The molecule has 0 saturated carbocycles. The second kappa shape index (κ2) is 4.31. The molecule has 0 bridgehead atoms. The van der Waals surface area contributed by atoms with Gasteiger partial charge in [-0.2, -0.15) is 0 Å². The van der Waals surface area contributed by atoms with Crippen molar-refractivity contribution in [2.24, 2.45) is 0 Å². The summed E-state index contributed by atoms with van der Waals surface area (Å²) in [5, 5.41) is 11.0. The molecule has 1 heterocycles. The molecule has 0 aliphatic rings. The third kappa shape index (κ3) is 2.51. The number of carbonyl (C=O) groups is 2. The smallest absolute Gasteiger partial charge is 0.407 e. The summed E-state index contributed by atoms with van der Waals surface area (Å²) in [4.78, 5) is 23.7. The largest absolute Gasteiger partial charge is 0.477 e. The number of methoxy groups -OCH3 is 1. The fourth-order valence-electron chi connectivity index (χ4n) is 0.911. The van der Waals surface area contributed by atoms with Crippen LogP contribution in [0.1, 0.15) is 16.1 Å². The van der Waals surface area contributed by atoms with Crippen molar-refractivity contribution in [1.29, 1.82) is 0 Å². The molecule has 1 rings (SSSR count). The van der Waals surface area contributed by atoms with E-state index < -0.39 is 12.1 Å². The average Bonchev–Trinajstić information content (AvgIpc) is 2.62. The van der Waals surface area contributed by atoms with Crippen LogP contribution in [0, 0.1) is 0 Å². The molecule has 1 amide bonds. The minimum atomic E-state index is -1.03. The SMILES string of the molecule is COC(=O)NCc1c[nH]c(C(=O)O)c1. The number of amides is 1. The quantitative estimate of drug-likeness (QED) is 0.662. The Kier molecular flexibility index (Phi) is 3.11. The molecule has 6 nitrogen and oxygen atoms in total. The van der Waals surface area contributed by atoms with Gasteiger partial charge in [0.15, 0.2) is 0 Å². The number of alkyl carbamates (subject to hydrolysis) is 1. The van der Waals surface area contributed by atoms with E-state index >= 15 is 0 Å². The molecule has 0 saturated heterocycles. The predicted molar refractivity (Wildman–Crippen MR) is 47.0 cm³/mol. The van der Waals surface area contributed by atoms with Crippen molar-refractivity contribution in [2.45, 2.75) is 6.54 Å². The second-order valence-electron chi connectivity index (χ2n) is 2.57. The highest BCUT2D eigenvalue weighted by molar-refractivity contribution is 5.85. The highest BCUT2D eigenvalue weighted by atomic mass is 16.5. The minimum Gasteiger partial charge on any atom is -0.477 e. The first-order valence-corrected chi connectivity index (χ1v) is 3.86. The summed E-state index contributed by atoms with van der Waals surface area (Å²) in [6.45, 7) is 0.233. The van der Waals surface area contributed by atoms with Crippen LogP contribution < -0.4 is 5.32 Å². The van der Waals surface area contributed by atoms with Gasteiger partial charge in [-0.1, -0.05) is 0 Å². The Hall–Kier alpha value is -1.98. The van der Waals surface area contributed by atoms with Gasteiger partial charge in [-0.05, 0) is 11.6 Å². The summed E-state index contributed by atoms with van der Waals surface area (Å²) in [5.74, 6) is -1.03. The van der Waals surface area contributed by atoms with Crippen LogP contribution in [0.15, 0.2) is 12.3 Å². The summed E-state index contributed by atoms with van der Waals surface area (Å²) < 4.78 is 4.35. The molecule has 1 aromatic rings. The van der Waals surface area contributed by atoms with Crippen molar-refractivity contribution in [3.8, 4) is 0 Å². The number of aromatic nitrogens is 1. The highest BCUT2D eigenvalue weighted by Crippen LogP contribution is 2.02. The molecule has 6 heteroatoms. The van der Waals surface area contributed by atoms with Crippen LogP contribution in [-0.4, -0.2) is 29.3 Å². The van der Waals surface area contributed by atoms with Gasteiger partial charge >= 0.3 is 12.1 Å². The lowest BCUT2D eigenvalue weighted by molar-refractivity contribution is 0.0691. The molecular formula is C8H10N2O4. The Morgan fingerprint density at radius 3 is 2.86 bits per heavy atom. The number of nitrogens with one attached hydrogen (secondary N) is 2. The summed E-state index contributed by atoms with van der Waals surface area (Å²) >= 11 is 0. The minimum absolute atomic E-state index is 0.0895. The topological polar surface area (TPSA) is 91.4 Å². The van der Waals surface area contributed by atoms with Crippen molar-refractivity contribution >= 4 is 12.1 Å². The number of carboxylic acids is 1. The Morgan fingerprint density at radius 1 is 1.64 bits per heavy atom. The maximum Gasteiger partial charge on any atom is 0.407 e. The number of rotatable bonds is 3. The average molecular weight is 198 g/mol. The van der Waals surface area contributed by atoms with Crippen LogP contribution in [0.5, 0.6) is 0 Å². The summed E-state index contributed by atoms with van der Waals surface area (Å²) in [6.07, 6.45) is 0.961. The first kappa shape index (κ1) is 10.1. The third-order valence-corrected chi connectivity index (χ3v) is 1.60. The number of carbonyl (C=O) groups excluding carboxylic acids is 1. The number of carboxylic acid groups (broad SMARTS) is 1. The zero-order chi connectivity index (χ0) is 10.6. The van der Waals surface area contributed by atoms with E-state index in [1.165, 1.54) is 19.4 Å². The van der Waals surface area contributed by atoms with Crippen LogP contribution in [0.4, 0.5) is 4.79 Å². The van der Waals surface area contributed by atoms with Gasteiger partial charge in [0.1, 0.15) is 5.69 Å². The molecule has 0 atom stereocenters. The van der Waals surface area contributed by atoms with Crippen molar-refractivity contribution in [2.75, 3.05) is 7.11 Å². The molecule has 0 aliphatic heterocycles. The van der Waals surface area contributed by atoms with E-state index in [1.807, 2.05) is 0 Å². The van der Waals surface area contributed by atoms with E-state index in [9.17, 15) is 9.59 Å². The monoisotopic (exact) mass is 198 g/mol. The number of hydrogen-bond acceptors (Lipinski definition) is 3. The van der Waals surface area contributed by atoms with E-state index in [4.69, 9.17) is 5.11 Å². The highest BCUT2D eigenvalue weighted by Gasteiger charge is 2.06. The first-order valence-electron chi connectivity index (χ1n) is 3.86. The van der Waals surface area contributed by atoms with Gasteiger partial charge in [-0.3, -0.25) is 0 Å². The number of aromatic carboxylic acids is 1. The lowest BCUT2D eigenvalue weighted by Gasteiger charge is -1.99. The van der Waals surface area contributed by atoms with Gasteiger partial charge < -0.3 is 20.1 Å². The van der Waals surface area contributed by atoms with Gasteiger partial charge in [-0.25, -0.2) is 9.59 Å². The number of aromatic amines is 1. The maximum atomic E-state index is 10.7. The van der Waals surface area contributed by atoms with Gasteiger partial charge in [-0.15, -0.1) is 0 Å². The van der Waals surface area contributed by atoms with Gasteiger partial charge in [0.25, 0.3) is 0 Å². The molecule has 0 radical (unpaired) electrons. The van der Waals surface area contributed by atoms with Crippen LogP contribution in [0.2, 0.25) is 0 Å². The molecule has 1 aromatic heterocycles. The fraction of sp³-hybridized carbons (Fsp3) is 0.250. The van der Waals surface area contributed by atoms with E-state index in [0.29, 0.717) is 5.56 Å². The summed E-state index contributed by atoms with van der Waals surface area (Å²) in [6, 6.07) is 1.44. The van der Waals surface area contributed by atoms with E-state index in [-0.39, 0.29) is 12.2 Å². The molecular weight excluding hydrogens is 188 g/mol.